The Bertz CT molecular complexity index is 658. The van der Waals surface area contributed by atoms with Crippen molar-refractivity contribution in [1.29, 1.82) is 0 Å². The molecule has 5 nitrogen and oxygen atoms in total. The van der Waals surface area contributed by atoms with Crippen LogP contribution in [-0.4, -0.2) is 10.0 Å². The molecule has 21 heavy (non-hydrogen) atoms. The maximum absolute atomic E-state index is 10.8. The van der Waals surface area contributed by atoms with Crippen LogP contribution in [0.4, 0.5) is 5.69 Å². The minimum absolute atomic E-state index is 0.0824. The van der Waals surface area contributed by atoms with Crippen LogP contribution >= 0.6 is 11.6 Å². The highest BCUT2D eigenvalue weighted by atomic mass is 35.5. The van der Waals surface area contributed by atoms with E-state index in [2.05, 4.69) is 0 Å². The monoisotopic (exact) mass is 307 g/mol. The highest BCUT2D eigenvalue weighted by Crippen LogP contribution is 2.30. The molecule has 2 rings (SSSR count). The molecular formula is C15H14ClNO4. The minimum atomic E-state index is -0.862. The number of nitro benzene ring substituents is 1. The molecule has 1 N–H and O–H groups in total. The van der Waals surface area contributed by atoms with E-state index in [1.165, 1.54) is 25.1 Å². The van der Waals surface area contributed by atoms with Crippen molar-refractivity contribution in [2.45, 2.75) is 19.6 Å². The van der Waals surface area contributed by atoms with E-state index >= 15 is 0 Å². The van der Waals surface area contributed by atoms with Gasteiger partial charge in [0.25, 0.3) is 5.69 Å². The van der Waals surface area contributed by atoms with Crippen LogP contribution in [0.5, 0.6) is 5.75 Å². The lowest BCUT2D eigenvalue weighted by Gasteiger charge is -2.13. The van der Waals surface area contributed by atoms with Crippen LogP contribution in [0, 0.1) is 10.1 Å². The summed E-state index contributed by atoms with van der Waals surface area (Å²) in [6.45, 7) is 1.80. The zero-order valence-corrected chi connectivity index (χ0v) is 12.1. The van der Waals surface area contributed by atoms with E-state index < -0.39 is 11.0 Å². The molecule has 0 aromatic heterocycles. The second-order valence-corrected chi connectivity index (χ2v) is 5.01. The molecule has 0 aliphatic carbocycles. The van der Waals surface area contributed by atoms with Crippen LogP contribution in [0.1, 0.15) is 24.2 Å². The summed E-state index contributed by atoms with van der Waals surface area (Å²) in [7, 11) is 0. The third-order valence-corrected chi connectivity index (χ3v) is 3.17. The first-order valence-corrected chi connectivity index (χ1v) is 6.69. The second-order valence-electron chi connectivity index (χ2n) is 4.57. The van der Waals surface area contributed by atoms with Crippen molar-refractivity contribution in [1.82, 2.24) is 0 Å². The molecule has 0 heterocycles. The third kappa shape index (κ3) is 3.93. The van der Waals surface area contributed by atoms with Crippen molar-refractivity contribution in [2.24, 2.45) is 0 Å². The van der Waals surface area contributed by atoms with Crippen molar-refractivity contribution in [2.75, 3.05) is 0 Å². The lowest BCUT2D eigenvalue weighted by Crippen LogP contribution is -2.02. The summed E-state index contributed by atoms with van der Waals surface area (Å²) in [5.41, 5.74) is 1.17. The van der Waals surface area contributed by atoms with Gasteiger partial charge in [0.1, 0.15) is 12.4 Å². The molecule has 1 atom stereocenters. The Hall–Kier alpha value is -2.11. The molecule has 0 unspecified atom stereocenters. The Morgan fingerprint density at radius 3 is 2.71 bits per heavy atom. The molecule has 0 saturated carbocycles. The highest BCUT2D eigenvalue weighted by Gasteiger charge is 2.15. The van der Waals surface area contributed by atoms with Gasteiger partial charge in [-0.1, -0.05) is 23.7 Å². The van der Waals surface area contributed by atoms with E-state index in [4.69, 9.17) is 16.3 Å². The molecule has 0 aliphatic rings. The molecule has 2 aromatic carbocycles. The number of nitrogens with zero attached hydrogens (tertiary/aromatic N) is 1. The standard InChI is InChI=1S/C15H14ClNO4/c1-10(18)14-8-13(17(19)20)5-6-15(14)21-9-11-3-2-4-12(16)7-11/h2-8,10,18H,9H2,1H3/t10-/m0/s1. The fourth-order valence-electron chi connectivity index (χ4n) is 1.90. The van der Waals surface area contributed by atoms with Gasteiger partial charge < -0.3 is 9.84 Å². The highest BCUT2D eigenvalue weighted by molar-refractivity contribution is 6.30. The molecule has 6 heteroatoms. The topological polar surface area (TPSA) is 72.6 Å². The number of halogens is 1. The summed E-state index contributed by atoms with van der Waals surface area (Å²) in [6, 6.07) is 11.4. The van der Waals surface area contributed by atoms with Crippen molar-refractivity contribution >= 4 is 17.3 Å². The molecule has 2 aromatic rings. The van der Waals surface area contributed by atoms with Gasteiger partial charge in [0.2, 0.25) is 0 Å². The SMILES string of the molecule is C[C@H](O)c1cc([N+](=O)[O-])ccc1OCc1cccc(Cl)c1. The second kappa shape index (κ2) is 6.56. The van der Waals surface area contributed by atoms with Crippen molar-refractivity contribution < 1.29 is 14.8 Å². The first-order valence-electron chi connectivity index (χ1n) is 6.31. The van der Waals surface area contributed by atoms with E-state index in [9.17, 15) is 15.2 Å². The summed E-state index contributed by atoms with van der Waals surface area (Å²) in [5, 5.41) is 21.1. The number of hydrogen-bond acceptors (Lipinski definition) is 4. The Kier molecular flexibility index (Phi) is 4.77. The summed E-state index contributed by atoms with van der Waals surface area (Å²) in [4.78, 5) is 10.3. The number of hydrogen-bond donors (Lipinski definition) is 1. The van der Waals surface area contributed by atoms with Gasteiger partial charge in [-0.05, 0) is 30.7 Å². The first-order chi connectivity index (χ1) is 9.97. The van der Waals surface area contributed by atoms with Gasteiger partial charge in [-0.2, -0.15) is 0 Å². The van der Waals surface area contributed by atoms with Crippen molar-refractivity contribution in [3.8, 4) is 5.75 Å². The van der Waals surface area contributed by atoms with E-state index in [0.29, 0.717) is 16.3 Å². The van der Waals surface area contributed by atoms with E-state index in [1.807, 2.05) is 12.1 Å². The number of benzene rings is 2. The Morgan fingerprint density at radius 1 is 1.33 bits per heavy atom. The Balaban J connectivity index is 2.21. The molecular weight excluding hydrogens is 294 g/mol. The van der Waals surface area contributed by atoms with E-state index in [-0.39, 0.29) is 12.3 Å². The lowest BCUT2D eigenvalue weighted by atomic mass is 10.1. The van der Waals surface area contributed by atoms with Gasteiger partial charge in [0, 0.05) is 22.7 Å². The van der Waals surface area contributed by atoms with Gasteiger partial charge in [-0.25, -0.2) is 0 Å². The average molecular weight is 308 g/mol. The van der Waals surface area contributed by atoms with Gasteiger partial charge in [-0.15, -0.1) is 0 Å². The van der Waals surface area contributed by atoms with Crippen LogP contribution < -0.4 is 4.74 Å². The normalized spacial score (nSPS) is 12.0. The van der Waals surface area contributed by atoms with Crippen LogP contribution in [0.3, 0.4) is 0 Å². The molecule has 0 amide bonds. The maximum Gasteiger partial charge on any atom is 0.270 e. The summed E-state index contributed by atoms with van der Waals surface area (Å²) >= 11 is 5.89. The number of rotatable bonds is 5. The maximum atomic E-state index is 10.8. The molecule has 0 spiro atoms. The van der Waals surface area contributed by atoms with Crippen LogP contribution in [0.15, 0.2) is 42.5 Å². The first kappa shape index (κ1) is 15.3. The number of aliphatic hydroxyl groups is 1. The third-order valence-electron chi connectivity index (χ3n) is 2.94. The predicted molar refractivity (Wildman–Crippen MR) is 79.5 cm³/mol. The summed E-state index contributed by atoms with van der Waals surface area (Å²) < 4.78 is 5.63. The number of non-ortho nitro benzene ring substituents is 1. The van der Waals surface area contributed by atoms with Gasteiger partial charge in [0.05, 0.1) is 11.0 Å². The predicted octanol–water partition coefficient (Wildman–Crippen LogP) is 3.88. The average Bonchev–Trinajstić information content (AvgIpc) is 2.44. The van der Waals surface area contributed by atoms with Crippen molar-refractivity contribution in [3.63, 3.8) is 0 Å². The molecule has 0 saturated heterocycles. The zero-order chi connectivity index (χ0) is 15.4. The summed E-state index contributed by atoms with van der Waals surface area (Å²) in [6.07, 6.45) is -0.862. The number of ether oxygens (including phenoxy) is 1. The lowest BCUT2D eigenvalue weighted by molar-refractivity contribution is -0.385. The zero-order valence-electron chi connectivity index (χ0n) is 11.3. The minimum Gasteiger partial charge on any atom is -0.489 e. The fourth-order valence-corrected chi connectivity index (χ4v) is 2.11. The molecule has 0 bridgehead atoms. The molecule has 0 aliphatic heterocycles. The van der Waals surface area contributed by atoms with E-state index in [1.54, 1.807) is 12.1 Å². The number of aliphatic hydroxyl groups excluding tert-OH is 1. The molecule has 0 radical (unpaired) electrons. The van der Waals surface area contributed by atoms with Crippen molar-refractivity contribution in [3.05, 3.63) is 68.7 Å². The number of nitro groups is 1. The Morgan fingerprint density at radius 2 is 2.10 bits per heavy atom. The molecule has 110 valence electrons. The van der Waals surface area contributed by atoms with Gasteiger partial charge in [0.15, 0.2) is 0 Å². The Labute approximate surface area is 126 Å². The smallest absolute Gasteiger partial charge is 0.270 e. The quantitative estimate of drug-likeness (QED) is 0.672. The fraction of sp³-hybridized carbons (Fsp3) is 0.200. The van der Waals surface area contributed by atoms with Crippen LogP contribution in [0.25, 0.3) is 0 Å². The molecule has 0 fully saturated rings. The largest absolute Gasteiger partial charge is 0.489 e. The van der Waals surface area contributed by atoms with Gasteiger partial charge in [-0.3, -0.25) is 10.1 Å². The van der Waals surface area contributed by atoms with Gasteiger partial charge >= 0.3 is 0 Å². The van der Waals surface area contributed by atoms with Crippen LogP contribution in [-0.2, 0) is 6.61 Å². The van der Waals surface area contributed by atoms with E-state index in [0.717, 1.165) is 5.56 Å². The summed E-state index contributed by atoms with van der Waals surface area (Å²) in [5.74, 6) is 0.413. The van der Waals surface area contributed by atoms with Crippen LogP contribution in [0.2, 0.25) is 5.02 Å².